The van der Waals surface area contributed by atoms with Gasteiger partial charge in [-0.15, -0.1) is 0 Å². The molecule has 2 aliphatic rings. The number of ether oxygens (including phenoxy) is 1. The molecule has 6 N–H and O–H groups in total. The van der Waals surface area contributed by atoms with Crippen LogP contribution in [0.3, 0.4) is 0 Å². The minimum absolute atomic E-state index is 0.0310. The third kappa shape index (κ3) is 6.47. The summed E-state index contributed by atoms with van der Waals surface area (Å²) in [5.74, 6) is 0.785. The Labute approximate surface area is 236 Å². The summed E-state index contributed by atoms with van der Waals surface area (Å²) < 4.78 is 32.3. The SMILES string of the molecule is CN=CC(=CN)S(=O)(=O)NC(=O)Nc1cccc(Sc2cnc(N3CCC4(CC3)CO[C@@H](C)[C@H]4N)cn2)c1Cl. The number of urea groups is 1. The fraction of sp³-hybridized carbons (Fsp3) is 0.417. The minimum Gasteiger partial charge on any atom is -0.403 e. The second kappa shape index (κ2) is 12.1. The van der Waals surface area contributed by atoms with Gasteiger partial charge >= 0.3 is 6.03 Å². The predicted molar refractivity (Wildman–Crippen MR) is 153 cm³/mol. The molecule has 210 valence electrons. The van der Waals surface area contributed by atoms with E-state index in [1.807, 2.05) is 11.6 Å². The van der Waals surface area contributed by atoms with E-state index >= 15 is 0 Å². The Balaban J connectivity index is 1.38. The number of piperidine rings is 1. The van der Waals surface area contributed by atoms with Gasteiger partial charge in [0.05, 0.1) is 35.8 Å². The van der Waals surface area contributed by atoms with Crippen molar-refractivity contribution in [3.8, 4) is 0 Å². The van der Waals surface area contributed by atoms with Gasteiger partial charge < -0.3 is 26.4 Å². The highest BCUT2D eigenvalue weighted by Gasteiger charge is 2.47. The number of halogens is 1. The van der Waals surface area contributed by atoms with Crippen LogP contribution in [-0.2, 0) is 14.8 Å². The van der Waals surface area contributed by atoms with Crippen molar-refractivity contribution in [1.29, 1.82) is 0 Å². The highest BCUT2D eigenvalue weighted by Crippen LogP contribution is 2.42. The molecule has 39 heavy (non-hydrogen) atoms. The Hall–Kier alpha value is -2.91. The number of amides is 2. The lowest BCUT2D eigenvalue weighted by molar-refractivity contribution is 0.0974. The highest BCUT2D eigenvalue weighted by atomic mass is 35.5. The van der Waals surface area contributed by atoms with Crippen molar-refractivity contribution in [3.05, 3.63) is 46.7 Å². The Kier molecular flexibility index (Phi) is 9.01. The van der Waals surface area contributed by atoms with Crippen LogP contribution in [0.25, 0.3) is 0 Å². The molecule has 1 aromatic heterocycles. The molecule has 3 heterocycles. The summed E-state index contributed by atoms with van der Waals surface area (Å²) in [7, 11) is -2.83. The molecule has 1 aromatic carbocycles. The smallest absolute Gasteiger partial charge is 0.333 e. The number of allylic oxidation sites excluding steroid dienone is 1. The van der Waals surface area contributed by atoms with E-state index in [0.717, 1.165) is 44.2 Å². The van der Waals surface area contributed by atoms with Crippen LogP contribution in [0.1, 0.15) is 19.8 Å². The largest absolute Gasteiger partial charge is 0.403 e. The van der Waals surface area contributed by atoms with Crippen molar-refractivity contribution in [2.75, 3.05) is 37.0 Å². The second-order valence-electron chi connectivity index (χ2n) is 9.34. The lowest BCUT2D eigenvalue weighted by Crippen LogP contribution is -2.50. The summed E-state index contributed by atoms with van der Waals surface area (Å²) in [5.41, 5.74) is 12.0. The maximum absolute atomic E-state index is 12.4. The molecule has 2 aliphatic heterocycles. The number of benzene rings is 1. The van der Waals surface area contributed by atoms with Crippen LogP contribution in [0.2, 0.25) is 5.02 Å². The number of hydrogen-bond acceptors (Lipinski definition) is 11. The van der Waals surface area contributed by atoms with Gasteiger partial charge in [0.2, 0.25) is 0 Å². The molecule has 2 amide bonds. The number of carbonyl (C=O) groups excluding carboxylic acids is 1. The number of sulfonamides is 1. The zero-order valence-corrected chi connectivity index (χ0v) is 23.9. The molecule has 0 aliphatic carbocycles. The van der Waals surface area contributed by atoms with E-state index < -0.39 is 16.1 Å². The average Bonchev–Trinajstić information content (AvgIpc) is 3.18. The van der Waals surface area contributed by atoms with Crippen LogP contribution in [0.5, 0.6) is 0 Å². The number of nitrogens with two attached hydrogens (primary N) is 2. The van der Waals surface area contributed by atoms with Crippen LogP contribution >= 0.6 is 23.4 Å². The molecule has 0 saturated carbocycles. The van der Waals surface area contributed by atoms with Crippen molar-refractivity contribution < 1.29 is 17.9 Å². The summed E-state index contributed by atoms with van der Waals surface area (Å²) in [6, 6.07) is 4.02. The maximum atomic E-state index is 12.4. The van der Waals surface area contributed by atoms with E-state index in [9.17, 15) is 13.2 Å². The molecular formula is C24H31ClN8O4S2. The standard InChI is InChI=1S/C24H31ClN8O4S2/c1-15-22(27)24(14-37-15)6-8-33(9-7-24)19-12-30-20(13-29-19)38-18-5-3-4-17(21(18)25)31-23(34)32-39(35,36)16(10-26)11-28-2/h3-5,10-13,15,22H,6-9,14,26-27H2,1-2H3,(H2,31,32,34)/t15-,22+/m0/s1. The first-order valence-corrected chi connectivity index (χ1v) is 14.8. The predicted octanol–water partition coefficient (Wildman–Crippen LogP) is 2.57. The molecule has 2 aromatic rings. The lowest BCUT2D eigenvalue weighted by Gasteiger charge is -2.41. The normalized spacial score (nSPS) is 21.4. The first-order chi connectivity index (χ1) is 18.6. The number of aromatic nitrogens is 2. The van der Waals surface area contributed by atoms with Crippen LogP contribution in [0, 0.1) is 5.41 Å². The van der Waals surface area contributed by atoms with Crippen molar-refractivity contribution >= 4 is 57.1 Å². The fourth-order valence-corrected chi connectivity index (χ4v) is 6.54. The van der Waals surface area contributed by atoms with E-state index in [-0.39, 0.29) is 33.2 Å². The first-order valence-electron chi connectivity index (χ1n) is 12.2. The zero-order chi connectivity index (χ0) is 28.2. The van der Waals surface area contributed by atoms with Gasteiger partial charge in [0.1, 0.15) is 15.7 Å². The van der Waals surface area contributed by atoms with Crippen LogP contribution in [-0.4, -0.2) is 69.5 Å². The third-order valence-electron chi connectivity index (χ3n) is 6.93. The molecule has 15 heteroatoms. The van der Waals surface area contributed by atoms with Gasteiger partial charge in [0.25, 0.3) is 10.0 Å². The summed E-state index contributed by atoms with van der Waals surface area (Å²) >= 11 is 7.77. The maximum Gasteiger partial charge on any atom is 0.333 e. The van der Waals surface area contributed by atoms with Crippen LogP contribution in [0.15, 0.2) is 56.6 Å². The Morgan fingerprint density at radius 2 is 2.05 bits per heavy atom. The monoisotopic (exact) mass is 594 g/mol. The summed E-state index contributed by atoms with van der Waals surface area (Å²) in [6.07, 6.45) is 7.22. The summed E-state index contributed by atoms with van der Waals surface area (Å²) in [6.45, 7) is 4.40. The number of rotatable bonds is 7. The zero-order valence-electron chi connectivity index (χ0n) is 21.5. The Bertz CT molecular complexity index is 1360. The topological polar surface area (TPSA) is 178 Å². The molecule has 2 atom stereocenters. The van der Waals surface area contributed by atoms with E-state index in [0.29, 0.717) is 16.5 Å². The number of anilines is 2. The van der Waals surface area contributed by atoms with Crippen LogP contribution in [0.4, 0.5) is 16.3 Å². The van der Waals surface area contributed by atoms with Crippen molar-refractivity contribution in [2.24, 2.45) is 21.9 Å². The minimum atomic E-state index is -4.21. The molecule has 2 saturated heterocycles. The summed E-state index contributed by atoms with van der Waals surface area (Å²) in [5, 5.41) is 3.27. The quantitative estimate of drug-likeness (QED) is 0.348. The average molecular weight is 595 g/mol. The molecule has 0 bridgehead atoms. The molecule has 4 rings (SSSR count). The molecule has 2 fully saturated rings. The highest BCUT2D eigenvalue weighted by molar-refractivity contribution is 7.99. The number of hydrogen-bond donors (Lipinski definition) is 4. The molecular weight excluding hydrogens is 564 g/mol. The number of nitrogens with one attached hydrogen (secondary N) is 2. The molecule has 12 nitrogen and oxygen atoms in total. The number of aliphatic imine (C=N–C) groups is 1. The third-order valence-corrected chi connectivity index (χ3v) is 9.74. The van der Waals surface area contributed by atoms with E-state index in [4.69, 9.17) is 27.8 Å². The van der Waals surface area contributed by atoms with Crippen LogP contribution < -0.4 is 26.4 Å². The first kappa shape index (κ1) is 29.1. The van der Waals surface area contributed by atoms with Crippen molar-refractivity contribution in [1.82, 2.24) is 14.7 Å². The second-order valence-corrected chi connectivity index (χ2v) is 12.5. The van der Waals surface area contributed by atoms with Gasteiger partial charge in [0.15, 0.2) is 0 Å². The molecule has 0 radical (unpaired) electrons. The van der Waals surface area contributed by atoms with Gasteiger partial charge in [-0.25, -0.2) is 27.9 Å². The lowest BCUT2D eigenvalue weighted by atomic mass is 9.73. The van der Waals surface area contributed by atoms with Gasteiger partial charge in [-0.3, -0.25) is 4.99 Å². The van der Waals surface area contributed by atoms with Gasteiger partial charge in [-0.2, -0.15) is 0 Å². The van der Waals surface area contributed by atoms with E-state index in [1.54, 1.807) is 30.6 Å². The Morgan fingerprint density at radius 3 is 2.64 bits per heavy atom. The summed E-state index contributed by atoms with van der Waals surface area (Å²) in [4.78, 5) is 27.5. The van der Waals surface area contributed by atoms with Crippen molar-refractivity contribution in [2.45, 2.75) is 41.8 Å². The molecule has 0 unspecified atom stereocenters. The molecule has 1 spiro atoms. The fourth-order valence-electron chi connectivity index (χ4n) is 4.64. The van der Waals surface area contributed by atoms with Gasteiger partial charge in [-0.05, 0) is 31.9 Å². The van der Waals surface area contributed by atoms with E-state index in [1.165, 1.54) is 18.8 Å². The van der Waals surface area contributed by atoms with E-state index in [2.05, 4.69) is 25.2 Å². The number of nitrogens with zero attached hydrogens (tertiary/aromatic N) is 4. The Morgan fingerprint density at radius 1 is 1.31 bits per heavy atom. The van der Waals surface area contributed by atoms with Crippen molar-refractivity contribution in [3.63, 3.8) is 0 Å². The number of carbonyl (C=O) groups is 1. The van der Waals surface area contributed by atoms with Gasteiger partial charge in [-0.1, -0.05) is 29.4 Å². The van der Waals surface area contributed by atoms with Gasteiger partial charge in [0, 0.05) is 48.9 Å².